The maximum absolute atomic E-state index is 11.1. The van der Waals surface area contributed by atoms with Crippen LogP contribution in [0.25, 0.3) is 0 Å². The minimum absolute atomic E-state index is 0.311. The highest BCUT2D eigenvalue weighted by molar-refractivity contribution is 6.27. The second-order valence-electron chi connectivity index (χ2n) is 4.19. The van der Waals surface area contributed by atoms with E-state index in [1.807, 2.05) is 27.7 Å². The van der Waals surface area contributed by atoms with Gasteiger partial charge in [0.25, 0.3) is 0 Å². The molecule has 0 N–H and O–H groups in total. The Hall–Kier alpha value is -0.920. The molecule has 0 atom stereocenters. The Balaban J connectivity index is 4.11. The SMILES string of the molecule is CC(C)=CCCC(C)(C)C(=O)C=O. The Morgan fingerprint density at radius 1 is 1.31 bits per heavy atom. The van der Waals surface area contributed by atoms with Crippen LogP contribution >= 0.6 is 0 Å². The summed E-state index contributed by atoms with van der Waals surface area (Å²) in [5.41, 5.74) is 0.739. The normalized spacial score (nSPS) is 10.8. The number of allylic oxidation sites excluding steroid dienone is 2. The molecule has 74 valence electrons. The summed E-state index contributed by atoms with van der Waals surface area (Å²) >= 11 is 0. The summed E-state index contributed by atoms with van der Waals surface area (Å²) in [4.78, 5) is 21.4. The number of hydrogen-bond acceptors (Lipinski definition) is 2. The van der Waals surface area contributed by atoms with E-state index in [1.54, 1.807) is 0 Å². The molecule has 0 saturated heterocycles. The van der Waals surface area contributed by atoms with Gasteiger partial charge in [0, 0.05) is 5.41 Å². The number of ketones is 1. The average molecular weight is 182 g/mol. The van der Waals surface area contributed by atoms with Crippen LogP contribution in [0.5, 0.6) is 0 Å². The zero-order chi connectivity index (χ0) is 10.5. The molecule has 0 aromatic heterocycles. The number of carbonyl (C=O) groups is 2. The molecular weight excluding hydrogens is 164 g/mol. The van der Waals surface area contributed by atoms with E-state index in [2.05, 4.69) is 6.08 Å². The van der Waals surface area contributed by atoms with Gasteiger partial charge >= 0.3 is 0 Å². The molecule has 0 aliphatic heterocycles. The van der Waals surface area contributed by atoms with E-state index in [9.17, 15) is 9.59 Å². The number of carbonyl (C=O) groups excluding carboxylic acids is 2. The Kier molecular flexibility index (Phi) is 4.60. The first-order valence-corrected chi connectivity index (χ1v) is 4.53. The van der Waals surface area contributed by atoms with Gasteiger partial charge < -0.3 is 0 Å². The van der Waals surface area contributed by atoms with Crippen molar-refractivity contribution < 1.29 is 9.59 Å². The largest absolute Gasteiger partial charge is 0.295 e. The maximum atomic E-state index is 11.1. The molecule has 0 saturated carbocycles. The van der Waals surface area contributed by atoms with Gasteiger partial charge in [-0.3, -0.25) is 9.59 Å². The van der Waals surface area contributed by atoms with Gasteiger partial charge in [-0.15, -0.1) is 0 Å². The summed E-state index contributed by atoms with van der Waals surface area (Å²) in [5.74, 6) is -0.311. The molecule has 0 aliphatic carbocycles. The summed E-state index contributed by atoms with van der Waals surface area (Å²) < 4.78 is 0. The number of rotatable bonds is 5. The molecule has 0 heterocycles. The van der Waals surface area contributed by atoms with Crippen LogP contribution in [-0.4, -0.2) is 12.1 Å². The summed E-state index contributed by atoms with van der Waals surface area (Å²) in [6.45, 7) is 7.66. The Bertz CT molecular complexity index is 220. The van der Waals surface area contributed by atoms with Crippen molar-refractivity contribution in [3.63, 3.8) is 0 Å². The summed E-state index contributed by atoms with van der Waals surface area (Å²) in [7, 11) is 0. The van der Waals surface area contributed by atoms with Gasteiger partial charge in [-0.1, -0.05) is 25.5 Å². The topological polar surface area (TPSA) is 34.1 Å². The van der Waals surface area contributed by atoms with Gasteiger partial charge in [-0.05, 0) is 26.7 Å². The lowest BCUT2D eigenvalue weighted by Crippen LogP contribution is -2.24. The lowest BCUT2D eigenvalue weighted by Gasteiger charge is -2.18. The van der Waals surface area contributed by atoms with E-state index in [-0.39, 0.29) is 5.78 Å². The van der Waals surface area contributed by atoms with Crippen LogP contribution in [0.15, 0.2) is 11.6 Å². The molecule has 0 bridgehead atoms. The predicted octanol–water partition coefficient (Wildman–Crippen LogP) is 2.53. The minimum atomic E-state index is -0.506. The third-order valence-corrected chi connectivity index (χ3v) is 2.10. The van der Waals surface area contributed by atoms with E-state index >= 15 is 0 Å². The second-order valence-corrected chi connectivity index (χ2v) is 4.19. The number of hydrogen-bond donors (Lipinski definition) is 0. The van der Waals surface area contributed by atoms with Crippen molar-refractivity contribution in [1.82, 2.24) is 0 Å². The smallest absolute Gasteiger partial charge is 0.200 e. The van der Waals surface area contributed by atoms with Crippen molar-refractivity contribution in [1.29, 1.82) is 0 Å². The Labute approximate surface area is 80.0 Å². The fourth-order valence-corrected chi connectivity index (χ4v) is 1.00. The molecule has 0 aromatic carbocycles. The van der Waals surface area contributed by atoms with Gasteiger partial charge in [0.05, 0.1) is 0 Å². The lowest BCUT2D eigenvalue weighted by molar-refractivity contribution is -0.135. The summed E-state index contributed by atoms with van der Waals surface area (Å²) in [5, 5.41) is 0. The first kappa shape index (κ1) is 12.1. The lowest BCUT2D eigenvalue weighted by atomic mass is 9.83. The fourth-order valence-electron chi connectivity index (χ4n) is 1.00. The zero-order valence-electron chi connectivity index (χ0n) is 8.89. The van der Waals surface area contributed by atoms with Crippen molar-refractivity contribution >= 4 is 12.1 Å². The van der Waals surface area contributed by atoms with Gasteiger partial charge in [0.1, 0.15) is 0 Å². The standard InChI is InChI=1S/C11H18O2/c1-9(2)6-5-7-11(3,4)10(13)8-12/h6,8H,5,7H2,1-4H3. The molecule has 0 fully saturated rings. The highest BCUT2D eigenvalue weighted by atomic mass is 16.2. The van der Waals surface area contributed by atoms with Crippen molar-refractivity contribution in [3.05, 3.63) is 11.6 Å². The van der Waals surface area contributed by atoms with Gasteiger partial charge in [-0.25, -0.2) is 0 Å². The molecule has 2 heteroatoms. The van der Waals surface area contributed by atoms with Gasteiger partial charge in [0.15, 0.2) is 6.29 Å². The molecule has 0 radical (unpaired) electrons. The zero-order valence-corrected chi connectivity index (χ0v) is 8.89. The van der Waals surface area contributed by atoms with Crippen molar-refractivity contribution in [2.24, 2.45) is 5.41 Å². The molecule has 0 spiro atoms. The van der Waals surface area contributed by atoms with Crippen molar-refractivity contribution in [2.75, 3.05) is 0 Å². The van der Waals surface area contributed by atoms with E-state index in [0.29, 0.717) is 6.29 Å². The molecule has 0 rings (SSSR count). The molecule has 0 aromatic rings. The molecule has 0 unspecified atom stereocenters. The molecule has 0 amide bonds. The van der Waals surface area contributed by atoms with E-state index in [0.717, 1.165) is 12.8 Å². The van der Waals surface area contributed by atoms with Crippen LogP contribution < -0.4 is 0 Å². The highest BCUT2D eigenvalue weighted by Crippen LogP contribution is 2.23. The summed E-state index contributed by atoms with van der Waals surface area (Å²) in [6.07, 6.45) is 4.09. The van der Waals surface area contributed by atoms with Crippen LogP contribution in [0.2, 0.25) is 0 Å². The van der Waals surface area contributed by atoms with Crippen LogP contribution in [0, 0.1) is 5.41 Å². The third kappa shape index (κ3) is 4.61. The monoisotopic (exact) mass is 182 g/mol. The number of Topliss-reactive ketones (excluding diaryl/α,β-unsaturated/α-hetero) is 1. The van der Waals surface area contributed by atoms with Crippen LogP contribution in [0.4, 0.5) is 0 Å². The molecule has 13 heavy (non-hydrogen) atoms. The highest BCUT2D eigenvalue weighted by Gasteiger charge is 2.25. The summed E-state index contributed by atoms with van der Waals surface area (Å²) in [6, 6.07) is 0. The van der Waals surface area contributed by atoms with Crippen LogP contribution in [0.3, 0.4) is 0 Å². The maximum Gasteiger partial charge on any atom is 0.200 e. The van der Waals surface area contributed by atoms with Crippen LogP contribution in [-0.2, 0) is 9.59 Å². The minimum Gasteiger partial charge on any atom is -0.295 e. The first-order valence-electron chi connectivity index (χ1n) is 4.53. The van der Waals surface area contributed by atoms with Gasteiger partial charge in [0.2, 0.25) is 5.78 Å². The van der Waals surface area contributed by atoms with E-state index in [4.69, 9.17) is 0 Å². The molecular formula is C11H18O2. The third-order valence-electron chi connectivity index (χ3n) is 2.10. The van der Waals surface area contributed by atoms with E-state index < -0.39 is 5.41 Å². The van der Waals surface area contributed by atoms with E-state index in [1.165, 1.54) is 5.57 Å². The number of aldehydes is 1. The predicted molar refractivity (Wildman–Crippen MR) is 53.5 cm³/mol. The first-order chi connectivity index (χ1) is 5.90. The Morgan fingerprint density at radius 2 is 1.85 bits per heavy atom. The Morgan fingerprint density at radius 3 is 2.23 bits per heavy atom. The average Bonchev–Trinajstić information content (AvgIpc) is 2.01. The fraction of sp³-hybridized carbons (Fsp3) is 0.636. The molecule has 0 aliphatic rings. The van der Waals surface area contributed by atoms with Gasteiger partial charge in [-0.2, -0.15) is 0 Å². The quantitative estimate of drug-likeness (QED) is 0.372. The van der Waals surface area contributed by atoms with Crippen LogP contribution in [0.1, 0.15) is 40.5 Å². The van der Waals surface area contributed by atoms with Crippen molar-refractivity contribution in [3.8, 4) is 0 Å². The second kappa shape index (κ2) is 4.95. The molecule has 2 nitrogen and oxygen atoms in total. The van der Waals surface area contributed by atoms with Crippen molar-refractivity contribution in [2.45, 2.75) is 40.5 Å².